The second-order valence-electron chi connectivity index (χ2n) is 3.46. The van der Waals surface area contributed by atoms with Crippen LogP contribution < -0.4 is 5.32 Å². The predicted octanol–water partition coefficient (Wildman–Crippen LogP) is 0.0923. The van der Waals surface area contributed by atoms with Crippen molar-refractivity contribution >= 4 is 11.9 Å². The number of nitrogens with one attached hydrogen (secondary N) is 1. The molecule has 1 rings (SSSR count). The second-order valence-corrected chi connectivity index (χ2v) is 3.46. The summed E-state index contributed by atoms with van der Waals surface area (Å²) in [5, 5.41) is 3.11. The fourth-order valence-electron chi connectivity index (χ4n) is 1.50. The van der Waals surface area contributed by atoms with Crippen LogP contribution in [0.4, 0.5) is 0 Å². The number of carbonyl (C=O) groups excluding carboxylic acids is 2. The molecule has 1 heterocycles. The van der Waals surface area contributed by atoms with E-state index in [0.717, 1.165) is 19.4 Å². The third-order valence-electron chi connectivity index (χ3n) is 2.27. The highest BCUT2D eigenvalue weighted by Gasteiger charge is 2.22. The lowest BCUT2D eigenvalue weighted by atomic mass is 10.0. The van der Waals surface area contributed by atoms with E-state index in [1.807, 2.05) is 0 Å². The minimum absolute atomic E-state index is 0.117. The van der Waals surface area contributed by atoms with E-state index in [1.165, 1.54) is 0 Å². The fraction of sp³-hybridized carbons (Fsp3) is 0.800. The van der Waals surface area contributed by atoms with Crippen LogP contribution in [0.5, 0.6) is 0 Å². The van der Waals surface area contributed by atoms with Crippen LogP contribution in [0.2, 0.25) is 0 Å². The van der Waals surface area contributed by atoms with E-state index in [9.17, 15) is 9.59 Å². The molecule has 15 heavy (non-hydrogen) atoms. The van der Waals surface area contributed by atoms with Crippen molar-refractivity contribution in [1.29, 1.82) is 0 Å². The van der Waals surface area contributed by atoms with Gasteiger partial charge in [-0.25, -0.2) is 4.79 Å². The zero-order chi connectivity index (χ0) is 11.1. The first kappa shape index (κ1) is 12.0. The molecule has 5 heteroatoms. The molecule has 5 nitrogen and oxygen atoms in total. The summed E-state index contributed by atoms with van der Waals surface area (Å²) in [4.78, 5) is 22.4. The van der Waals surface area contributed by atoms with Crippen LogP contribution >= 0.6 is 0 Å². The van der Waals surface area contributed by atoms with Gasteiger partial charge in [-0.1, -0.05) is 0 Å². The molecule has 1 unspecified atom stereocenters. The third kappa shape index (κ3) is 4.29. The van der Waals surface area contributed by atoms with Crippen LogP contribution in [0.3, 0.4) is 0 Å². The quantitative estimate of drug-likeness (QED) is 0.673. The summed E-state index contributed by atoms with van der Waals surface area (Å²) in [6.45, 7) is 3.33. The summed E-state index contributed by atoms with van der Waals surface area (Å²) >= 11 is 0. The average Bonchev–Trinajstić information content (AvgIpc) is 2.27. The van der Waals surface area contributed by atoms with Crippen LogP contribution in [-0.4, -0.2) is 38.2 Å². The molecule has 0 amide bonds. The number of carbonyl (C=O) groups is 2. The number of ether oxygens (including phenoxy) is 2. The smallest absolute Gasteiger partial charge is 0.344 e. The molecular weight excluding hydrogens is 198 g/mol. The number of esters is 2. The maximum Gasteiger partial charge on any atom is 0.344 e. The van der Waals surface area contributed by atoms with Crippen molar-refractivity contribution in [2.24, 2.45) is 5.92 Å². The lowest BCUT2D eigenvalue weighted by molar-refractivity contribution is -0.161. The van der Waals surface area contributed by atoms with Gasteiger partial charge in [0.1, 0.15) is 0 Å². The van der Waals surface area contributed by atoms with Crippen molar-refractivity contribution in [3.63, 3.8) is 0 Å². The highest BCUT2D eigenvalue weighted by molar-refractivity contribution is 5.77. The third-order valence-corrected chi connectivity index (χ3v) is 2.27. The lowest BCUT2D eigenvalue weighted by Crippen LogP contribution is -2.36. The normalized spacial score (nSPS) is 20.7. The predicted molar refractivity (Wildman–Crippen MR) is 53.2 cm³/mol. The van der Waals surface area contributed by atoms with E-state index in [-0.39, 0.29) is 18.5 Å². The topological polar surface area (TPSA) is 64.6 Å². The van der Waals surface area contributed by atoms with Crippen molar-refractivity contribution in [2.75, 3.05) is 26.3 Å². The summed E-state index contributed by atoms with van der Waals surface area (Å²) < 4.78 is 9.49. The number of rotatable bonds is 4. The number of hydrogen-bond donors (Lipinski definition) is 1. The average molecular weight is 215 g/mol. The molecule has 0 spiro atoms. The minimum Gasteiger partial charge on any atom is -0.463 e. The Morgan fingerprint density at radius 1 is 1.40 bits per heavy atom. The molecule has 1 N–H and O–H groups in total. The van der Waals surface area contributed by atoms with E-state index in [0.29, 0.717) is 13.2 Å². The molecule has 1 aliphatic heterocycles. The van der Waals surface area contributed by atoms with Gasteiger partial charge in [0.25, 0.3) is 0 Å². The van der Waals surface area contributed by atoms with Gasteiger partial charge in [0.05, 0.1) is 12.5 Å². The first-order valence-electron chi connectivity index (χ1n) is 5.27. The largest absolute Gasteiger partial charge is 0.463 e. The van der Waals surface area contributed by atoms with Gasteiger partial charge in [-0.3, -0.25) is 4.79 Å². The maximum atomic E-state index is 11.4. The minimum atomic E-state index is -0.491. The Labute approximate surface area is 89.1 Å². The van der Waals surface area contributed by atoms with Crippen LogP contribution in [0.25, 0.3) is 0 Å². The van der Waals surface area contributed by atoms with Crippen LogP contribution in [-0.2, 0) is 19.1 Å². The van der Waals surface area contributed by atoms with Gasteiger partial charge < -0.3 is 14.8 Å². The van der Waals surface area contributed by atoms with Gasteiger partial charge in [0, 0.05) is 6.54 Å². The highest BCUT2D eigenvalue weighted by atomic mass is 16.6. The Kier molecular flexibility index (Phi) is 5.10. The first-order chi connectivity index (χ1) is 7.24. The standard InChI is InChI=1S/C10H17NO4/c1-2-14-9(12)7-15-10(13)8-4-3-5-11-6-8/h8,11H,2-7H2,1H3. The van der Waals surface area contributed by atoms with Crippen molar-refractivity contribution < 1.29 is 19.1 Å². The lowest BCUT2D eigenvalue weighted by Gasteiger charge is -2.20. The molecule has 0 radical (unpaired) electrons. The molecule has 0 aromatic heterocycles. The van der Waals surface area contributed by atoms with Crippen molar-refractivity contribution in [3.8, 4) is 0 Å². The number of hydrogen-bond acceptors (Lipinski definition) is 5. The molecule has 1 aliphatic rings. The van der Waals surface area contributed by atoms with Crippen molar-refractivity contribution in [2.45, 2.75) is 19.8 Å². The maximum absolute atomic E-state index is 11.4. The SMILES string of the molecule is CCOC(=O)COC(=O)C1CCCNC1. The van der Waals surface area contributed by atoms with E-state index in [1.54, 1.807) is 6.92 Å². The van der Waals surface area contributed by atoms with Gasteiger partial charge in [0.2, 0.25) is 0 Å². The van der Waals surface area contributed by atoms with Crippen LogP contribution in [0.1, 0.15) is 19.8 Å². The molecule has 1 saturated heterocycles. The summed E-state index contributed by atoms with van der Waals surface area (Å²) in [6, 6.07) is 0. The summed E-state index contributed by atoms with van der Waals surface area (Å²) in [5.41, 5.74) is 0. The summed E-state index contributed by atoms with van der Waals surface area (Å²) in [5.74, 6) is -0.918. The van der Waals surface area contributed by atoms with Gasteiger partial charge in [-0.05, 0) is 26.3 Å². The van der Waals surface area contributed by atoms with Gasteiger partial charge in [0.15, 0.2) is 6.61 Å². The Hall–Kier alpha value is -1.10. The zero-order valence-corrected chi connectivity index (χ0v) is 8.95. The summed E-state index contributed by atoms with van der Waals surface area (Å²) in [7, 11) is 0. The Balaban J connectivity index is 2.19. The van der Waals surface area contributed by atoms with E-state index >= 15 is 0 Å². The Bertz CT molecular complexity index is 223. The monoisotopic (exact) mass is 215 g/mol. The molecule has 1 atom stereocenters. The fourth-order valence-corrected chi connectivity index (χ4v) is 1.50. The summed E-state index contributed by atoms with van der Waals surface area (Å²) in [6.07, 6.45) is 1.80. The molecule has 0 saturated carbocycles. The Morgan fingerprint density at radius 2 is 2.20 bits per heavy atom. The van der Waals surface area contributed by atoms with Crippen molar-refractivity contribution in [1.82, 2.24) is 5.32 Å². The van der Waals surface area contributed by atoms with E-state index in [2.05, 4.69) is 10.1 Å². The molecule has 0 aromatic carbocycles. The highest BCUT2D eigenvalue weighted by Crippen LogP contribution is 2.11. The first-order valence-corrected chi connectivity index (χ1v) is 5.27. The number of piperidine rings is 1. The van der Waals surface area contributed by atoms with Crippen LogP contribution in [0.15, 0.2) is 0 Å². The zero-order valence-electron chi connectivity index (χ0n) is 8.95. The molecule has 86 valence electrons. The van der Waals surface area contributed by atoms with E-state index < -0.39 is 5.97 Å². The Morgan fingerprint density at radius 3 is 2.80 bits per heavy atom. The van der Waals surface area contributed by atoms with Gasteiger partial charge >= 0.3 is 11.9 Å². The van der Waals surface area contributed by atoms with Crippen LogP contribution in [0, 0.1) is 5.92 Å². The molecule has 0 aromatic rings. The molecule has 0 bridgehead atoms. The van der Waals surface area contributed by atoms with Crippen molar-refractivity contribution in [3.05, 3.63) is 0 Å². The van der Waals surface area contributed by atoms with Gasteiger partial charge in [-0.2, -0.15) is 0 Å². The molecule has 1 fully saturated rings. The van der Waals surface area contributed by atoms with Gasteiger partial charge in [-0.15, -0.1) is 0 Å². The van der Waals surface area contributed by atoms with E-state index in [4.69, 9.17) is 4.74 Å². The second kappa shape index (κ2) is 6.40. The molecular formula is C10H17NO4. The molecule has 0 aliphatic carbocycles.